The largest absolute Gasteiger partial charge is 0.381 e. The Hall–Kier alpha value is -1.27. The van der Waals surface area contributed by atoms with Crippen LogP contribution in [0.5, 0.6) is 0 Å². The van der Waals surface area contributed by atoms with Crippen LogP contribution in [-0.4, -0.2) is 40.6 Å². The lowest BCUT2D eigenvalue weighted by molar-refractivity contribution is -0.0443. The van der Waals surface area contributed by atoms with Gasteiger partial charge in [-0.2, -0.15) is 0 Å². The van der Waals surface area contributed by atoms with Gasteiger partial charge in [-0.3, -0.25) is 4.90 Å². The Morgan fingerprint density at radius 1 is 1.44 bits per heavy atom. The zero-order chi connectivity index (χ0) is 13.3. The van der Waals surface area contributed by atoms with Crippen molar-refractivity contribution in [2.45, 2.75) is 32.9 Å². The quantitative estimate of drug-likeness (QED) is 0.861. The van der Waals surface area contributed by atoms with E-state index in [-0.39, 0.29) is 17.6 Å². The molecule has 0 saturated carbocycles. The summed E-state index contributed by atoms with van der Waals surface area (Å²) >= 11 is 0. The Morgan fingerprint density at radius 2 is 2.17 bits per heavy atom. The van der Waals surface area contributed by atoms with Crippen LogP contribution in [-0.2, 0) is 4.74 Å². The van der Waals surface area contributed by atoms with Crippen molar-refractivity contribution in [2.24, 2.45) is 0 Å². The standard InChI is InChI=1S/C12H19FN4O/c1-7(2)17-4-5-18-9(6-17)12-15-8(3)10(13)11(14)16-12/h7,9H,4-6H2,1-3H3,(H2,14,15,16). The maximum Gasteiger partial charge on any atom is 0.186 e. The second-order valence-electron chi connectivity index (χ2n) is 4.81. The molecule has 0 aliphatic carbocycles. The first-order chi connectivity index (χ1) is 8.49. The fourth-order valence-electron chi connectivity index (χ4n) is 2.04. The predicted octanol–water partition coefficient (Wildman–Crippen LogP) is 1.29. The first kappa shape index (κ1) is 13.2. The number of aryl methyl sites for hydroxylation is 1. The van der Waals surface area contributed by atoms with Crippen molar-refractivity contribution in [1.29, 1.82) is 0 Å². The number of anilines is 1. The van der Waals surface area contributed by atoms with Crippen molar-refractivity contribution >= 4 is 5.82 Å². The van der Waals surface area contributed by atoms with Gasteiger partial charge in [-0.05, 0) is 20.8 Å². The fraction of sp³-hybridized carbons (Fsp3) is 0.667. The topological polar surface area (TPSA) is 64.3 Å². The summed E-state index contributed by atoms with van der Waals surface area (Å²) < 4.78 is 19.0. The molecule has 2 heterocycles. The Morgan fingerprint density at radius 3 is 2.78 bits per heavy atom. The number of aromatic nitrogens is 2. The molecule has 1 unspecified atom stereocenters. The molecule has 0 spiro atoms. The SMILES string of the molecule is Cc1nc(C2CN(C(C)C)CCO2)nc(N)c1F. The molecule has 100 valence electrons. The molecule has 0 amide bonds. The average molecular weight is 254 g/mol. The molecule has 0 aromatic carbocycles. The minimum Gasteiger partial charge on any atom is -0.381 e. The minimum atomic E-state index is -0.546. The van der Waals surface area contributed by atoms with Crippen molar-refractivity contribution in [3.63, 3.8) is 0 Å². The molecule has 1 aromatic heterocycles. The van der Waals surface area contributed by atoms with Gasteiger partial charge in [0.2, 0.25) is 0 Å². The summed E-state index contributed by atoms with van der Waals surface area (Å²) in [5, 5.41) is 0. The smallest absolute Gasteiger partial charge is 0.186 e. The fourth-order valence-corrected chi connectivity index (χ4v) is 2.04. The van der Waals surface area contributed by atoms with Crippen LogP contribution in [0.3, 0.4) is 0 Å². The summed E-state index contributed by atoms with van der Waals surface area (Å²) in [5.41, 5.74) is 5.79. The van der Waals surface area contributed by atoms with Gasteiger partial charge in [-0.1, -0.05) is 0 Å². The van der Waals surface area contributed by atoms with Gasteiger partial charge in [-0.25, -0.2) is 14.4 Å². The van der Waals surface area contributed by atoms with Crippen LogP contribution in [0.4, 0.5) is 10.2 Å². The van der Waals surface area contributed by atoms with Crippen molar-refractivity contribution in [1.82, 2.24) is 14.9 Å². The minimum absolute atomic E-state index is 0.109. The zero-order valence-electron chi connectivity index (χ0n) is 11.0. The van der Waals surface area contributed by atoms with E-state index in [9.17, 15) is 4.39 Å². The lowest BCUT2D eigenvalue weighted by Crippen LogP contribution is -2.42. The van der Waals surface area contributed by atoms with Crippen LogP contribution in [0, 0.1) is 12.7 Å². The van der Waals surface area contributed by atoms with Gasteiger partial charge in [0.05, 0.1) is 12.3 Å². The normalized spacial score (nSPS) is 21.5. The molecule has 6 heteroatoms. The van der Waals surface area contributed by atoms with E-state index in [0.717, 1.165) is 6.54 Å². The summed E-state index contributed by atoms with van der Waals surface area (Å²) in [6, 6.07) is 0.440. The first-order valence-corrected chi connectivity index (χ1v) is 6.14. The molecule has 1 aliphatic heterocycles. The van der Waals surface area contributed by atoms with E-state index in [1.165, 1.54) is 0 Å². The summed E-state index contributed by atoms with van der Waals surface area (Å²) in [5.74, 6) is -0.185. The van der Waals surface area contributed by atoms with Crippen molar-refractivity contribution in [2.75, 3.05) is 25.4 Å². The zero-order valence-corrected chi connectivity index (χ0v) is 11.0. The Labute approximate surface area is 106 Å². The number of halogens is 1. The molecule has 1 aromatic rings. The molecule has 2 N–H and O–H groups in total. The molecular weight excluding hydrogens is 235 g/mol. The van der Waals surface area contributed by atoms with E-state index in [4.69, 9.17) is 10.5 Å². The number of morpholine rings is 1. The lowest BCUT2D eigenvalue weighted by Gasteiger charge is -2.34. The molecule has 5 nitrogen and oxygen atoms in total. The number of hydrogen-bond acceptors (Lipinski definition) is 5. The van der Waals surface area contributed by atoms with Crippen LogP contribution in [0.25, 0.3) is 0 Å². The molecule has 2 rings (SSSR count). The maximum atomic E-state index is 13.4. The number of rotatable bonds is 2. The van der Waals surface area contributed by atoms with Crippen LogP contribution >= 0.6 is 0 Å². The maximum absolute atomic E-state index is 13.4. The number of nitrogen functional groups attached to an aromatic ring is 1. The number of nitrogens with zero attached hydrogens (tertiary/aromatic N) is 3. The van der Waals surface area contributed by atoms with Crippen molar-refractivity contribution in [3.05, 3.63) is 17.3 Å². The van der Waals surface area contributed by atoms with Gasteiger partial charge in [0, 0.05) is 19.1 Å². The Bertz CT molecular complexity index is 415. The molecule has 1 saturated heterocycles. The van der Waals surface area contributed by atoms with Gasteiger partial charge < -0.3 is 10.5 Å². The number of ether oxygens (including phenoxy) is 1. The molecular formula is C12H19FN4O. The number of nitrogens with two attached hydrogens (primary N) is 1. The van der Waals surface area contributed by atoms with Crippen molar-refractivity contribution in [3.8, 4) is 0 Å². The van der Waals surface area contributed by atoms with Gasteiger partial charge in [-0.15, -0.1) is 0 Å². The number of hydrogen-bond donors (Lipinski definition) is 1. The molecule has 18 heavy (non-hydrogen) atoms. The third kappa shape index (κ3) is 2.59. The highest BCUT2D eigenvalue weighted by Crippen LogP contribution is 2.22. The van der Waals surface area contributed by atoms with Crippen LogP contribution < -0.4 is 5.73 Å². The van der Waals surface area contributed by atoms with Gasteiger partial charge in [0.15, 0.2) is 17.5 Å². The highest BCUT2D eigenvalue weighted by molar-refractivity contribution is 5.32. The Kier molecular flexibility index (Phi) is 3.77. The van der Waals surface area contributed by atoms with E-state index in [2.05, 4.69) is 28.7 Å². The van der Waals surface area contributed by atoms with Gasteiger partial charge >= 0.3 is 0 Å². The highest BCUT2D eigenvalue weighted by atomic mass is 19.1. The molecule has 0 radical (unpaired) electrons. The lowest BCUT2D eigenvalue weighted by atomic mass is 10.2. The average Bonchev–Trinajstić information content (AvgIpc) is 2.35. The third-order valence-corrected chi connectivity index (χ3v) is 3.18. The first-order valence-electron chi connectivity index (χ1n) is 6.14. The predicted molar refractivity (Wildman–Crippen MR) is 66.5 cm³/mol. The van der Waals surface area contributed by atoms with Gasteiger partial charge in [0.1, 0.15) is 6.10 Å². The summed E-state index contributed by atoms with van der Waals surface area (Å²) in [4.78, 5) is 10.4. The summed E-state index contributed by atoms with van der Waals surface area (Å²) in [6.45, 7) is 8.08. The van der Waals surface area contributed by atoms with E-state index >= 15 is 0 Å². The molecule has 1 atom stereocenters. The Balaban J connectivity index is 2.21. The van der Waals surface area contributed by atoms with Crippen molar-refractivity contribution < 1.29 is 9.13 Å². The molecule has 1 fully saturated rings. The van der Waals surface area contributed by atoms with Crippen LogP contribution in [0.2, 0.25) is 0 Å². The second kappa shape index (κ2) is 5.16. The summed E-state index contributed by atoms with van der Waals surface area (Å²) in [6.07, 6.45) is -0.234. The van der Waals surface area contributed by atoms with E-state index < -0.39 is 5.82 Å². The second-order valence-corrected chi connectivity index (χ2v) is 4.81. The highest BCUT2D eigenvalue weighted by Gasteiger charge is 2.26. The third-order valence-electron chi connectivity index (χ3n) is 3.18. The summed E-state index contributed by atoms with van der Waals surface area (Å²) in [7, 11) is 0. The monoisotopic (exact) mass is 254 g/mol. The molecule has 0 bridgehead atoms. The van der Waals surface area contributed by atoms with E-state index in [1.54, 1.807) is 6.92 Å². The van der Waals surface area contributed by atoms with E-state index in [0.29, 0.717) is 25.0 Å². The molecule has 1 aliphatic rings. The van der Waals surface area contributed by atoms with Crippen LogP contribution in [0.15, 0.2) is 0 Å². The van der Waals surface area contributed by atoms with E-state index in [1.807, 2.05) is 0 Å². The van der Waals surface area contributed by atoms with Gasteiger partial charge in [0.25, 0.3) is 0 Å². The van der Waals surface area contributed by atoms with Crippen LogP contribution in [0.1, 0.15) is 31.5 Å².